The molecule has 2 aromatic carbocycles. The van der Waals surface area contributed by atoms with Gasteiger partial charge in [0.1, 0.15) is 23.6 Å². The molecule has 1 saturated heterocycles. The Morgan fingerprint density at radius 2 is 1.65 bits per heavy atom. The third-order valence-corrected chi connectivity index (χ3v) is 17.8. The highest BCUT2D eigenvalue weighted by molar-refractivity contribution is 6.74. The van der Waals surface area contributed by atoms with Gasteiger partial charge in [0.05, 0.1) is 43.5 Å². The maximum Gasteiger partial charge on any atom is 0.338 e. The van der Waals surface area contributed by atoms with Gasteiger partial charge in [-0.05, 0) is 61.3 Å². The van der Waals surface area contributed by atoms with Crippen molar-refractivity contribution in [1.29, 1.82) is 0 Å². The SMILES string of the molecule is COc1ccc(CO[C@H]2C(=O)[C@]3(C)[C@@H](O[Si](C)(C)C(C)(C)C)C[C@H]4OC[C@@]4(O)[C@H]3[C@H](OC(=O)c3ccccc3)[C@]3(O)C(=O)CC[C@H]2C3(C)C)cc1. The van der Waals surface area contributed by atoms with Crippen LogP contribution in [0.1, 0.15) is 76.7 Å². The average molecular weight is 723 g/mol. The smallest absolute Gasteiger partial charge is 0.338 e. The van der Waals surface area contributed by atoms with Crippen LogP contribution in [0, 0.1) is 22.7 Å². The van der Waals surface area contributed by atoms with Crippen molar-refractivity contribution in [2.45, 2.75) is 121 Å². The first-order chi connectivity index (χ1) is 23.7. The summed E-state index contributed by atoms with van der Waals surface area (Å²) < 4.78 is 31.5. The number of benzene rings is 2. The van der Waals surface area contributed by atoms with Crippen molar-refractivity contribution in [3.63, 3.8) is 0 Å². The number of esters is 1. The summed E-state index contributed by atoms with van der Waals surface area (Å²) in [5, 5.41) is 25.6. The highest BCUT2D eigenvalue weighted by Gasteiger charge is 2.78. The molecule has 6 rings (SSSR count). The second-order valence-electron chi connectivity index (χ2n) is 17.3. The molecule has 4 fully saturated rings. The van der Waals surface area contributed by atoms with E-state index in [0.29, 0.717) is 5.75 Å². The minimum absolute atomic E-state index is 0.0641. The largest absolute Gasteiger partial charge is 0.497 e. The lowest BCUT2D eigenvalue weighted by atomic mass is 9.43. The topological polar surface area (TPSA) is 138 Å². The van der Waals surface area contributed by atoms with Crippen molar-refractivity contribution in [2.24, 2.45) is 22.7 Å². The van der Waals surface area contributed by atoms with Gasteiger partial charge in [-0.25, -0.2) is 4.79 Å². The lowest BCUT2D eigenvalue weighted by molar-refractivity contribution is -0.343. The number of ketones is 2. The van der Waals surface area contributed by atoms with E-state index in [4.69, 9.17) is 23.4 Å². The van der Waals surface area contributed by atoms with Crippen molar-refractivity contribution >= 4 is 25.9 Å². The van der Waals surface area contributed by atoms with Gasteiger partial charge in [0, 0.05) is 30.1 Å². The molecule has 1 aliphatic heterocycles. The Bertz CT molecular complexity index is 1650. The number of hydrogen-bond donors (Lipinski definition) is 2. The monoisotopic (exact) mass is 722 g/mol. The zero-order chi connectivity index (χ0) is 37.4. The Morgan fingerprint density at radius 3 is 2.22 bits per heavy atom. The lowest BCUT2D eigenvalue weighted by Gasteiger charge is -2.68. The van der Waals surface area contributed by atoms with E-state index >= 15 is 4.79 Å². The van der Waals surface area contributed by atoms with Crippen LogP contribution in [-0.4, -0.2) is 85.4 Å². The summed E-state index contributed by atoms with van der Waals surface area (Å²) in [6.07, 6.45) is -3.89. The molecule has 1 heterocycles. The van der Waals surface area contributed by atoms with E-state index in [9.17, 15) is 19.8 Å². The van der Waals surface area contributed by atoms with Gasteiger partial charge in [-0.15, -0.1) is 0 Å². The van der Waals surface area contributed by atoms with Crippen LogP contribution in [0.25, 0.3) is 0 Å². The molecule has 51 heavy (non-hydrogen) atoms. The molecule has 3 saturated carbocycles. The zero-order valence-corrected chi connectivity index (χ0v) is 32.4. The van der Waals surface area contributed by atoms with E-state index in [2.05, 4.69) is 33.9 Å². The Balaban J connectivity index is 1.56. The third-order valence-electron chi connectivity index (χ3n) is 13.3. The Hall–Kier alpha value is -2.93. The quantitative estimate of drug-likeness (QED) is 0.259. The molecule has 4 aliphatic rings. The van der Waals surface area contributed by atoms with Crippen LogP contribution in [0.2, 0.25) is 18.1 Å². The van der Waals surface area contributed by atoms with E-state index in [-0.39, 0.29) is 48.9 Å². The summed E-state index contributed by atoms with van der Waals surface area (Å²) in [4.78, 5) is 44.1. The molecule has 9 atom stereocenters. The third kappa shape index (κ3) is 5.83. The molecule has 10 nitrogen and oxygen atoms in total. The fourth-order valence-corrected chi connectivity index (χ4v) is 10.4. The predicted molar refractivity (Wildman–Crippen MR) is 192 cm³/mol. The van der Waals surface area contributed by atoms with Crippen LogP contribution >= 0.6 is 0 Å². The first kappa shape index (κ1) is 37.8. The summed E-state index contributed by atoms with van der Waals surface area (Å²) in [6, 6.07) is 15.7. The number of rotatable bonds is 8. The van der Waals surface area contributed by atoms with Gasteiger partial charge in [-0.2, -0.15) is 0 Å². The van der Waals surface area contributed by atoms with E-state index in [1.807, 2.05) is 24.3 Å². The number of ether oxygens (including phenoxy) is 4. The van der Waals surface area contributed by atoms with E-state index in [1.165, 1.54) is 0 Å². The second-order valence-corrected chi connectivity index (χ2v) is 22.1. The highest BCUT2D eigenvalue weighted by Crippen LogP contribution is 2.64. The van der Waals surface area contributed by atoms with Gasteiger partial charge < -0.3 is 33.6 Å². The molecule has 0 unspecified atom stereocenters. The van der Waals surface area contributed by atoms with Gasteiger partial charge in [0.15, 0.2) is 25.5 Å². The standard InChI is InChI=1S/C40H54O10Si/c1-36(2,3)51(8,9)50-29-21-30-39(44,23-48-30)32-34(49-35(43)25-13-11-10-12-14-25)40(45)28(41)20-19-27(37(40,4)5)31(33(42)38(29,32)6)47-22-24-15-17-26(46-7)18-16-24/h10-18,27,29-32,34,44-45H,19-23H2,1-9H3/t27-,29+,30-,31-,32+,34+,38-,39+,40-/m1/s1. The summed E-state index contributed by atoms with van der Waals surface area (Å²) in [5.41, 5.74) is -5.93. The minimum atomic E-state index is -2.60. The fourth-order valence-electron chi connectivity index (χ4n) is 8.96. The van der Waals surface area contributed by atoms with E-state index < -0.39 is 78.4 Å². The number of carbonyl (C=O) groups is 3. The Morgan fingerprint density at radius 1 is 1.00 bits per heavy atom. The van der Waals surface area contributed by atoms with Crippen LogP contribution in [-0.2, 0) is 34.8 Å². The van der Waals surface area contributed by atoms with Crippen molar-refractivity contribution in [2.75, 3.05) is 13.7 Å². The lowest BCUT2D eigenvalue weighted by Crippen LogP contribution is -2.83. The van der Waals surface area contributed by atoms with Gasteiger partial charge in [-0.3, -0.25) is 9.59 Å². The summed E-state index contributed by atoms with van der Waals surface area (Å²) >= 11 is 0. The minimum Gasteiger partial charge on any atom is -0.497 e. The molecule has 0 radical (unpaired) electrons. The maximum absolute atomic E-state index is 15.7. The predicted octanol–water partition coefficient (Wildman–Crippen LogP) is 5.67. The highest BCUT2D eigenvalue weighted by atomic mass is 28.4. The van der Waals surface area contributed by atoms with Gasteiger partial charge in [0.25, 0.3) is 0 Å². The van der Waals surface area contributed by atoms with Crippen LogP contribution in [0.3, 0.4) is 0 Å². The first-order valence-electron chi connectivity index (χ1n) is 18.1. The number of Topliss-reactive ketones (excluding diaryl/α,β-unsaturated/α-hetero) is 2. The van der Waals surface area contributed by atoms with Gasteiger partial charge in [0.2, 0.25) is 0 Å². The maximum atomic E-state index is 15.7. The average Bonchev–Trinajstić information content (AvgIpc) is 3.07. The normalized spacial score (nSPS) is 36.1. The van der Waals surface area contributed by atoms with Crippen molar-refractivity contribution in [3.8, 4) is 5.75 Å². The zero-order valence-electron chi connectivity index (χ0n) is 31.4. The fraction of sp³-hybridized carbons (Fsp3) is 0.625. The van der Waals surface area contributed by atoms with Crippen LogP contribution in [0.5, 0.6) is 5.75 Å². The van der Waals surface area contributed by atoms with E-state index in [0.717, 1.165) is 5.56 Å². The molecule has 2 aromatic rings. The molecule has 0 aromatic heterocycles. The molecule has 2 bridgehead atoms. The molecular formula is C40H54O10Si. The molecule has 2 N–H and O–H groups in total. The van der Waals surface area contributed by atoms with Crippen molar-refractivity contribution in [1.82, 2.24) is 0 Å². The van der Waals surface area contributed by atoms with E-state index in [1.54, 1.807) is 58.2 Å². The van der Waals surface area contributed by atoms with Crippen LogP contribution in [0.4, 0.5) is 0 Å². The molecule has 3 aliphatic carbocycles. The number of carbonyl (C=O) groups excluding carboxylic acids is 3. The summed E-state index contributed by atoms with van der Waals surface area (Å²) in [7, 11) is -1.01. The number of hydrogen-bond acceptors (Lipinski definition) is 10. The van der Waals surface area contributed by atoms with Crippen LogP contribution < -0.4 is 4.74 Å². The number of methoxy groups -OCH3 is 1. The summed E-state index contributed by atoms with van der Waals surface area (Å²) in [6.45, 7) is 15.7. The number of aliphatic hydroxyl groups is 2. The van der Waals surface area contributed by atoms with Gasteiger partial charge in [-0.1, -0.05) is 65.0 Å². The molecular weight excluding hydrogens is 669 g/mol. The second kappa shape index (κ2) is 12.9. The Kier molecular flexibility index (Phi) is 9.55. The Labute approximate surface area is 302 Å². The van der Waals surface area contributed by atoms with Crippen molar-refractivity contribution in [3.05, 3.63) is 65.7 Å². The summed E-state index contributed by atoms with van der Waals surface area (Å²) in [5.74, 6) is -2.84. The van der Waals surface area contributed by atoms with Gasteiger partial charge >= 0.3 is 5.97 Å². The first-order valence-corrected chi connectivity index (χ1v) is 21.0. The molecule has 0 spiro atoms. The molecule has 0 amide bonds. The van der Waals surface area contributed by atoms with Crippen molar-refractivity contribution < 1.29 is 48.0 Å². The number of fused-ring (bicyclic) bond motifs is 5. The van der Waals surface area contributed by atoms with Crippen LogP contribution in [0.15, 0.2) is 54.6 Å². The molecule has 278 valence electrons. The molecule has 11 heteroatoms.